The second kappa shape index (κ2) is 10.3. The van der Waals surface area contributed by atoms with Crippen LogP contribution in [-0.4, -0.2) is 59.1 Å². The summed E-state index contributed by atoms with van der Waals surface area (Å²) in [6.07, 6.45) is -0.367. The first-order valence-electron chi connectivity index (χ1n) is 14.9. The van der Waals surface area contributed by atoms with Gasteiger partial charge in [-0.2, -0.15) is 13.2 Å². The molecule has 1 N–H and O–H groups in total. The van der Waals surface area contributed by atoms with Crippen molar-refractivity contribution in [3.05, 3.63) is 94.5 Å². The molecule has 0 radical (unpaired) electrons. The Hall–Kier alpha value is -3.96. The molecule has 0 aromatic heterocycles. The van der Waals surface area contributed by atoms with Crippen LogP contribution in [0.15, 0.2) is 66.7 Å². The number of rotatable bonds is 4. The van der Waals surface area contributed by atoms with Crippen molar-refractivity contribution in [3.63, 3.8) is 0 Å². The molecular formula is C35H33F3N2O3. The number of aromatic hydroxyl groups is 1. The Morgan fingerprint density at radius 2 is 1.86 bits per heavy atom. The van der Waals surface area contributed by atoms with Crippen LogP contribution >= 0.6 is 0 Å². The van der Waals surface area contributed by atoms with Crippen LogP contribution in [0.5, 0.6) is 11.5 Å². The van der Waals surface area contributed by atoms with Gasteiger partial charge in [-0.05, 0) is 86.5 Å². The summed E-state index contributed by atoms with van der Waals surface area (Å²) in [5, 5.41) is 11.0. The van der Waals surface area contributed by atoms with Crippen LogP contribution in [-0.2, 0) is 29.2 Å². The molecule has 2 aliphatic heterocycles. The minimum absolute atomic E-state index is 0.220. The molecule has 3 aromatic carbocycles. The molecule has 2 fully saturated rings. The number of amides is 1. The van der Waals surface area contributed by atoms with Crippen LogP contribution in [0.25, 0.3) is 0 Å². The number of likely N-dealkylation sites (N-methyl/N-ethyl adjacent to an activating group) is 1. The fourth-order valence-electron chi connectivity index (χ4n) is 8.31. The highest BCUT2D eigenvalue weighted by Gasteiger charge is 2.66. The van der Waals surface area contributed by atoms with E-state index in [1.54, 1.807) is 18.0 Å². The molecule has 4 aliphatic rings. The largest absolute Gasteiger partial charge is 0.508 e. The number of likely N-dealkylation sites (tertiary alicyclic amines) is 1. The summed E-state index contributed by atoms with van der Waals surface area (Å²) in [5.41, 5.74) is 2.71. The molecule has 2 heterocycles. The van der Waals surface area contributed by atoms with Crippen LogP contribution in [0.1, 0.15) is 47.1 Å². The summed E-state index contributed by atoms with van der Waals surface area (Å²) in [6.45, 7) is 1.87. The molecule has 7 rings (SSSR count). The molecule has 0 unspecified atom stereocenters. The van der Waals surface area contributed by atoms with Gasteiger partial charge in [0, 0.05) is 47.7 Å². The Morgan fingerprint density at radius 3 is 2.60 bits per heavy atom. The number of benzene rings is 3. The molecule has 1 saturated heterocycles. The number of nitrogens with zero attached hydrogens (tertiary/aromatic N) is 2. The number of phenolic OH excluding ortho intramolecular Hbond substituents is 1. The lowest BCUT2D eigenvalue weighted by atomic mass is 9.51. The molecule has 1 saturated carbocycles. The van der Waals surface area contributed by atoms with Crippen LogP contribution in [0.4, 0.5) is 13.2 Å². The van der Waals surface area contributed by atoms with Gasteiger partial charge in [-0.15, -0.1) is 0 Å². The van der Waals surface area contributed by atoms with E-state index in [-0.39, 0.29) is 23.6 Å². The number of hydrogen-bond acceptors (Lipinski definition) is 4. The van der Waals surface area contributed by atoms with Crippen LogP contribution in [0, 0.1) is 17.8 Å². The predicted molar refractivity (Wildman–Crippen MR) is 156 cm³/mol. The van der Waals surface area contributed by atoms with Crippen molar-refractivity contribution >= 4 is 5.91 Å². The van der Waals surface area contributed by atoms with Gasteiger partial charge in [0.25, 0.3) is 5.91 Å². The van der Waals surface area contributed by atoms with E-state index in [1.165, 1.54) is 17.7 Å². The molecule has 222 valence electrons. The number of phenols is 1. The van der Waals surface area contributed by atoms with Gasteiger partial charge in [-0.25, -0.2) is 0 Å². The van der Waals surface area contributed by atoms with E-state index >= 15 is 0 Å². The van der Waals surface area contributed by atoms with Gasteiger partial charge in [0.1, 0.15) is 17.6 Å². The third-order valence-electron chi connectivity index (χ3n) is 10.3. The zero-order valence-electron chi connectivity index (χ0n) is 23.9. The minimum Gasteiger partial charge on any atom is -0.508 e. The summed E-state index contributed by atoms with van der Waals surface area (Å²) in [6, 6.07) is 18.7. The van der Waals surface area contributed by atoms with Crippen LogP contribution in [0.2, 0.25) is 0 Å². The standard InChI is InChI=1S/C35H33F3N2O3/c1-39(31(42)16-9-23-7-10-24(11-8-23)35(36,37)38)27-13-12-26-28-21-25-29(41)14-15-30-32(25)34(26,33(27)43-30)18-20-40(28)19-17-22-5-3-2-4-6-22/h2-8,10-11,14-15,26-28,33,41H,12-13,17-21H2,1H3/t26-,27+,28+,33-,34-/m0/s1. The molecule has 1 spiro atoms. The summed E-state index contributed by atoms with van der Waals surface area (Å²) in [5.74, 6) is 6.46. The summed E-state index contributed by atoms with van der Waals surface area (Å²) < 4.78 is 45.5. The topological polar surface area (TPSA) is 53.0 Å². The van der Waals surface area contributed by atoms with Gasteiger partial charge < -0.3 is 14.7 Å². The van der Waals surface area contributed by atoms with E-state index in [0.29, 0.717) is 17.2 Å². The molecule has 2 bridgehead atoms. The molecule has 43 heavy (non-hydrogen) atoms. The monoisotopic (exact) mass is 586 g/mol. The number of ether oxygens (including phenoxy) is 1. The maximum absolute atomic E-state index is 13.3. The van der Waals surface area contributed by atoms with Crippen molar-refractivity contribution in [2.75, 3.05) is 20.1 Å². The smallest absolute Gasteiger partial charge is 0.416 e. The molecule has 5 nitrogen and oxygen atoms in total. The third kappa shape index (κ3) is 4.56. The Kier molecular flexibility index (Phi) is 6.70. The highest BCUT2D eigenvalue weighted by Crippen LogP contribution is 2.63. The maximum Gasteiger partial charge on any atom is 0.416 e. The Labute approximate surface area is 249 Å². The molecule has 2 aliphatic carbocycles. The lowest BCUT2D eigenvalue weighted by molar-refractivity contribution is -0.137. The van der Waals surface area contributed by atoms with Gasteiger partial charge in [-0.3, -0.25) is 9.69 Å². The van der Waals surface area contributed by atoms with Gasteiger partial charge in [0.2, 0.25) is 0 Å². The molecular weight excluding hydrogens is 553 g/mol. The fourth-order valence-corrected chi connectivity index (χ4v) is 8.31. The summed E-state index contributed by atoms with van der Waals surface area (Å²) in [4.78, 5) is 17.6. The van der Waals surface area contributed by atoms with Crippen molar-refractivity contribution in [2.24, 2.45) is 5.92 Å². The Bertz CT molecular complexity index is 1610. The third-order valence-corrected chi connectivity index (χ3v) is 10.3. The number of carbonyl (C=O) groups excluding carboxylic acids is 1. The van der Waals surface area contributed by atoms with Gasteiger partial charge in [-0.1, -0.05) is 36.3 Å². The van der Waals surface area contributed by atoms with Crippen molar-refractivity contribution in [3.8, 4) is 23.3 Å². The van der Waals surface area contributed by atoms with Gasteiger partial charge >= 0.3 is 6.18 Å². The van der Waals surface area contributed by atoms with Crippen LogP contribution in [0.3, 0.4) is 0 Å². The quantitative estimate of drug-likeness (QED) is 0.406. The average molecular weight is 587 g/mol. The predicted octanol–water partition coefficient (Wildman–Crippen LogP) is 5.57. The number of carbonyl (C=O) groups is 1. The minimum atomic E-state index is -4.42. The highest BCUT2D eigenvalue weighted by molar-refractivity contribution is 5.94. The van der Waals surface area contributed by atoms with E-state index in [4.69, 9.17) is 4.74 Å². The van der Waals surface area contributed by atoms with Gasteiger partial charge in [0.15, 0.2) is 0 Å². The first-order valence-corrected chi connectivity index (χ1v) is 14.9. The first-order chi connectivity index (χ1) is 20.7. The number of hydrogen-bond donors (Lipinski definition) is 1. The maximum atomic E-state index is 13.3. The van der Waals surface area contributed by atoms with Crippen molar-refractivity contribution < 1.29 is 27.8 Å². The molecule has 5 atom stereocenters. The van der Waals surface area contributed by atoms with Crippen LogP contribution < -0.4 is 4.74 Å². The zero-order chi connectivity index (χ0) is 29.9. The second-order valence-electron chi connectivity index (χ2n) is 12.3. The second-order valence-corrected chi connectivity index (χ2v) is 12.3. The van der Waals surface area contributed by atoms with E-state index < -0.39 is 17.6 Å². The molecule has 1 amide bonds. The van der Waals surface area contributed by atoms with Crippen molar-refractivity contribution in [1.29, 1.82) is 0 Å². The number of piperidine rings is 1. The number of alkyl halides is 3. The number of halogens is 3. The van der Waals surface area contributed by atoms with E-state index in [0.717, 1.165) is 74.2 Å². The lowest BCUT2D eigenvalue weighted by Gasteiger charge is -2.60. The SMILES string of the molecule is CN(C(=O)C#Cc1ccc(C(F)(F)F)cc1)[C@@H]1CC[C@H]2[C@H]3Cc4c(O)ccc5c4[C@@]2(CCN3CCc2ccccc2)[C@H]1O5. The normalized spacial score (nSPS) is 27.0. The highest BCUT2D eigenvalue weighted by atomic mass is 19.4. The fraction of sp³-hybridized carbons (Fsp3) is 0.400. The lowest BCUT2D eigenvalue weighted by Crippen LogP contribution is -2.69. The van der Waals surface area contributed by atoms with E-state index in [2.05, 4.69) is 41.0 Å². The van der Waals surface area contributed by atoms with E-state index in [1.807, 2.05) is 12.1 Å². The Morgan fingerprint density at radius 1 is 1.09 bits per heavy atom. The molecule has 3 aromatic rings. The van der Waals surface area contributed by atoms with Crippen molar-refractivity contribution in [2.45, 2.75) is 61.9 Å². The average Bonchev–Trinajstić information content (AvgIpc) is 3.34. The zero-order valence-corrected chi connectivity index (χ0v) is 23.9. The first kappa shape index (κ1) is 27.8. The summed E-state index contributed by atoms with van der Waals surface area (Å²) in [7, 11) is 1.74. The van der Waals surface area contributed by atoms with E-state index in [9.17, 15) is 23.1 Å². The van der Waals surface area contributed by atoms with Gasteiger partial charge in [0.05, 0.1) is 11.6 Å². The Balaban J connectivity index is 1.15. The summed E-state index contributed by atoms with van der Waals surface area (Å²) >= 11 is 0. The van der Waals surface area contributed by atoms with Crippen molar-refractivity contribution in [1.82, 2.24) is 9.80 Å². The molecule has 8 heteroatoms.